The zero-order valence-electron chi connectivity index (χ0n) is 43.3. The lowest BCUT2D eigenvalue weighted by atomic mass is 9.57. The molecule has 1 saturated carbocycles. The first kappa shape index (κ1) is 49.9. The molecule has 11 atom stereocenters. The molecule has 1 fully saturated rings. The van der Waals surface area contributed by atoms with Crippen LogP contribution in [0.2, 0.25) is 0 Å². The molecule has 76 heavy (non-hydrogen) atoms. The third-order valence-electron chi connectivity index (χ3n) is 18.2. The number of aromatic hydroxyl groups is 4. The summed E-state index contributed by atoms with van der Waals surface area (Å²) in [7, 11) is 1.91. The van der Waals surface area contributed by atoms with E-state index in [1.165, 1.54) is 0 Å². The lowest BCUT2D eigenvalue weighted by molar-refractivity contribution is -0.134. The number of nitrogens with one attached hydrogen (secondary N) is 4. The highest BCUT2D eigenvalue weighted by Crippen LogP contribution is 2.60. The molecule has 0 saturated heterocycles. The van der Waals surface area contributed by atoms with Crippen molar-refractivity contribution in [2.75, 3.05) is 38.7 Å². The van der Waals surface area contributed by atoms with Gasteiger partial charge in [-0.05, 0) is 163 Å². The summed E-state index contributed by atoms with van der Waals surface area (Å²) in [5.41, 5.74) is 4.99. The van der Waals surface area contributed by atoms with Gasteiger partial charge in [-0.3, -0.25) is 4.79 Å². The smallest absolute Gasteiger partial charge is 0.200 e. The van der Waals surface area contributed by atoms with Crippen LogP contribution in [-0.4, -0.2) is 87.0 Å². The Morgan fingerprint density at radius 1 is 1.00 bits per heavy atom. The van der Waals surface area contributed by atoms with Crippen LogP contribution in [0, 0.1) is 29.1 Å². The molecule has 2 bridgehead atoms. The third kappa shape index (κ3) is 8.74. The molecule has 4 aromatic carbocycles. The number of likely N-dealkylation sites (N-methyl/N-ethyl adjacent to an activating group) is 1. The highest BCUT2D eigenvalue weighted by molar-refractivity contribution is 6.01. The van der Waals surface area contributed by atoms with Crippen LogP contribution in [0.4, 0.5) is 5.69 Å². The Hall–Kier alpha value is -6.93. The molecule has 4 aliphatic carbocycles. The highest BCUT2D eigenvalue weighted by Gasteiger charge is 2.59. The Balaban J connectivity index is 1.05. The number of carbonyl (C=O) groups excluding carboxylic acids is 1. The number of aliphatic hydroxyl groups excluding tert-OH is 2. The number of aromatic nitrogens is 1. The van der Waals surface area contributed by atoms with E-state index in [4.69, 9.17) is 9.47 Å². The van der Waals surface area contributed by atoms with Crippen molar-refractivity contribution >= 4 is 28.3 Å². The number of fused-ring (bicyclic) bond motifs is 2. The number of Topliss-reactive ketones (excluding diaryl/α,β-unsaturated/α-hetero) is 1. The van der Waals surface area contributed by atoms with Crippen LogP contribution in [0.3, 0.4) is 0 Å². The average Bonchev–Trinajstić information content (AvgIpc) is 4.22. The molecular formula is C63H70N4O9. The molecule has 3 aliphatic heterocycles. The van der Waals surface area contributed by atoms with Crippen molar-refractivity contribution in [3.05, 3.63) is 154 Å². The molecule has 13 nitrogen and oxygen atoms in total. The number of ether oxygens (including phenoxy) is 2. The van der Waals surface area contributed by atoms with Gasteiger partial charge in [-0.15, -0.1) is 0 Å². The summed E-state index contributed by atoms with van der Waals surface area (Å²) in [4.78, 5) is 20.2. The van der Waals surface area contributed by atoms with E-state index in [0.717, 1.165) is 69.2 Å². The number of H-pyrrole nitrogens is 1. The van der Waals surface area contributed by atoms with Gasteiger partial charge in [0, 0.05) is 77.2 Å². The number of dihydropyridines is 1. The fraction of sp³-hybridized carbons (Fsp3) is 0.413. The fourth-order valence-corrected chi connectivity index (χ4v) is 14.9. The summed E-state index contributed by atoms with van der Waals surface area (Å²) in [6.45, 7) is 3.84. The van der Waals surface area contributed by atoms with Crippen LogP contribution in [0.25, 0.3) is 16.8 Å². The predicted octanol–water partition coefficient (Wildman–Crippen LogP) is 9.97. The normalized spacial score (nSPS) is 29.7. The number of phenolic OH excluding ortho intramolecular Hbond substituents is 4. The Morgan fingerprint density at radius 2 is 1.88 bits per heavy atom. The molecule has 7 aliphatic rings. The lowest BCUT2D eigenvalue weighted by Crippen LogP contribution is -2.50. The van der Waals surface area contributed by atoms with Crippen molar-refractivity contribution < 1.29 is 44.9 Å². The van der Waals surface area contributed by atoms with Gasteiger partial charge in [0.2, 0.25) is 5.75 Å². The van der Waals surface area contributed by atoms with Crippen LogP contribution in [0.5, 0.6) is 34.5 Å². The van der Waals surface area contributed by atoms with Crippen LogP contribution < -0.4 is 25.4 Å². The van der Waals surface area contributed by atoms with E-state index in [-0.39, 0.29) is 65.1 Å². The number of benzene rings is 4. The lowest BCUT2D eigenvalue weighted by Gasteiger charge is -2.47. The molecule has 1 aromatic heterocycles. The van der Waals surface area contributed by atoms with Crippen molar-refractivity contribution in [3.8, 4) is 34.5 Å². The predicted molar refractivity (Wildman–Crippen MR) is 294 cm³/mol. The molecular weight excluding hydrogens is 957 g/mol. The van der Waals surface area contributed by atoms with Crippen LogP contribution >= 0.6 is 0 Å². The summed E-state index contributed by atoms with van der Waals surface area (Å²) in [6.07, 6.45) is 21.2. The molecule has 5 aromatic rings. The van der Waals surface area contributed by atoms with Gasteiger partial charge >= 0.3 is 0 Å². The van der Waals surface area contributed by atoms with E-state index in [0.29, 0.717) is 75.0 Å². The average molecular weight is 1030 g/mol. The van der Waals surface area contributed by atoms with Crippen molar-refractivity contribution in [2.45, 2.75) is 100 Å². The molecule has 12 rings (SSSR count). The van der Waals surface area contributed by atoms with Crippen LogP contribution in [0.1, 0.15) is 110 Å². The summed E-state index contributed by atoms with van der Waals surface area (Å²) < 4.78 is 12.5. The van der Waals surface area contributed by atoms with Gasteiger partial charge in [0.05, 0.1) is 31.3 Å². The standard InChI is InChI=1S/C63H70N4O9/c1-35-5-3-6-36(23-35)33-76-54-29-41(27-53(73)60(54)74)42-28-52(72)59(51(71)26-38-9-8-37-17-22-75-61-50(70)13-11-46(38)57(37)61)63(19-15-49(69)47(63)31-44-7-4-20-65-44)43-16-21-66-55(30-43)67-48-12-10-39-24-45(68)25-40-14-18-62(32-42,34-64-2)58(48)56(39)40/h3-4,6-14,16,18,20,24-25,27,29-30,35-38,42,47,49,51,59,64-71,73-74H,5,15,17,19,21-23,26,28,31-34H2,1-2H3. The Labute approximate surface area is 443 Å². The van der Waals surface area contributed by atoms with E-state index >= 15 is 4.79 Å². The summed E-state index contributed by atoms with van der Waals surface area (Å²) in [5, 5.41) is 84.1. The summed E-state index contributed by atoms with van der Waals surface area (Å²) in [6, 6.07) is 18.5. The highest BCUT2D eigenvalue weighted by atomic mass is 16.5. The molecule has 1 spiro atoms. The van der Waals surface area contributed by atoms with E-state index in [1.54, 1.807) is 30.3 Å². The van der Waals surface area contributed by atoms with Gasteiger partial charge in [-0.2, -0.15) is 0 Å². The first-order valence-corrected chi connectivity index (χ1v) is 27.4. The number of allylic oxidation sites excluding steroid dienone is 5. The number of rotatable bonds is 11. The molecule has 0 radical (unpaired) electrons. The van der Waals surface area contributed by atoms with Gasteiger partial charge in [0.15, 0.2) is 23.0 Å². The van der Waals surface area contributed by atoms with Gasteiger partial charge in [0.25, 0.3) is 0 Å². The number of aromatic amines is 1. The maximum absolute atomic E-state index is 16.8. The second kappa shape index (κ2) is 19.9. The SMILES string of the molecule is CNCC12C=Cc3cc(O)cc4ccc(c1c34)NC1=CC(=CCN1)C1(CCC(O)C1Cc1ccc[nH]1)C(C(O)CC1C=CC3CCOc4c(O)ccc1c43)C(=O)CC(c1cc(O)c(O)c(OCC3C=CCC(C)C3)c1)C2. The number of anilines is 1. The largest absolute Gasteiger partial charge is 0.508 e. The minimum Gasteiger partial charge on any atom is -0.508 e. The fourth-order valence-electron chi connectivity index (χ4n) is 14.9. The number of phenols is 4. The van der Waals surface area contributed by atoms with Gasteiger partial charge in [-0.25, -0.2) is 0 Å². The maximum atomic E-state index is 16.8. The molecule has 0 amide bonds. The van der Waals surface area contributed by atoms with Crippen LogP contribution in [-0.2, 0) is 16.6 Å². The number of hydrogen-bond acceptors (Lipinski definition) is 12. The van der Waals surface area contributed by atoms with E-state index in [1.807, 2.05) is 37.5 Å². The van der Waals surface area contributed by atoms with Gasteiger partial charge < -0.3 is 61.0 Å². The number of aliphatic hydroxyl groups is 2. The Morgan fingerprint density at radius 3 is 2.71 bits per heavy atom. The van der Waals surface area contributed by atoms with Crippen molar-refractivity contribution in [2.24, 2.45) is 29.1 Å². The van der Waals surface area contributed by atoms with Crippen LogP contribution in [0.15, 0.2) is 121 Å². The molecule has 4 heterocycles. The molecule has 11 unspecified atom stereocenters. The summed E-state index contributed by atoms with van der Waals surface area (Å²) in [5.74, 6) is -1.26. The van der Waals surface area contributed by atoms with E-state index in [2.05, 4.69) is 82.5 Å². The van der Waals surface area contributed by atoms with Crippen molar-refractivity contribution in [1.29, 1.82) is 0 Å². The molecule has 396 valence electrons. The number of hydrogen-bond donors (Lipinski definition) is 10. The minimum absolute atomic E-state index is 0.0458. The van der Waals surface area contributed by atoms with E-state index < -0.39 is 40.8 Å². The second-order valence-corrected chi connectivity index (χ2v) is 23.0. The number of carbonyl (C=O) groups is 1. The topological polar surface area (TPSA) is 209 Å². The quantitative estimate of drug-likeness (QED) is 0.0443. The zero-order chi connectivity index (χ0) is 52.5. The van der Waals surface area contributed by atoms with E-state index in [9.17, 15) is 30.6 Å². The zero-order valence-corrected chi connectivity index (χ0v) is 43.3. The first-order chi connectivity index (χ1) is 36.8. The van der Waals surface area contributed by atoms with Gasteiger partial charge in [0.1, 0.15) is 17.4 Å². The monoisotopic (exact) mass is 1030 g/mol. The second-order valence-electron chi connectivity index (χ2n) is 23.0. The van der Waals surface area contributed by atoms with Crippen molar-refractivity contribution in [1.82, 2.24) is 15.6 Å². The summed E-state index contributed by atoms with van der Waals surface area (Å²) >= 11 is 0. The third-order valence-corrected chi connectivity index (χ3v) is 18.2. The molecule has 10 N–H and O–H groups in total. The van der Waals surface area contributed by atoms with Crippen molar-refractivity contribution in [3.63, 3.8) is 0 Å². The Bertz CT molecular complexity index is 3230. The van der Waals surface area contributed by atoms with Gasteiger partial charge in [-0.1, -0.05) is 61.6 Å². The Kier molecular flexibility index (Phi) is 13.1. The first-order valence-electron chi connectivity index (χ1n) is 27.4. The maximum Gasteiger partial charge on any atom is 0.200 e. The molecule has 13 heteroatoms. The number of ketones is 1. The minimum atomic E-state index is -1.23.